The van der Waals surface area contributed by atoms with Gasteiger partial charge in [-0.3, -0.25) is 0 Å². The third-order valence-corrected chi connectivity index (χ3v) is 5.80. The second kappa shape index (κ2) is 4.08. The second-order valence-corrected chi connectivity index (χ2v) is 7.22. The van der Waals surface area contributed by atoms with Crippen molar-refractivity contribution >= 4 is 17.4 Å². The maximum atomic E-state index is 2.50. The molecule has 0 bridgehead atoms. The molecule has 1 heterocycles. The van der Waals surface area contributed by atoms with Crippen molar-refractivity contribution in [2.75, 3.05) is 0 Å². The minimum Gasteiger partial charge on any atom is -0.145 e. The summed E-state index contributed by atoms with van der Waals surface area (Å²) < 4.78 is 0. The Labute approximate surface area is 118 Å². The molecule has 1 aromatic heterocycles. The average molecular weight is 266 g/mol. The Bertz CT molecular complexity index is 645. The summed E-state index contributed by atoms with van der Waals surface area (Å²) in [6.07, 6.45) is 8.82. The van der Waals surface area contributed by atoms with Crippen LogP contribution in [0.5, 0.6) is 0 Å². The van der Waals surface area contributed by atoms with Crippen LogP contribution in [0.3, 0.4) is 0 Å². The van der Waals surface area contributed by atoms with Crippen molar-refractivity contribution in [2.45, 2.75) is 31.6 Å². The van der Waals surface area contributed by atoms with E-state index in [4.69, 9.17) is 0 Å². The van der Waals surface area contributed by atoms with E-state index in [9.17, 15) is 0 Å². The zero-order chi connectivity index (χ0) is 12.9. The molecular weight excluding hydrogens is 248 g/mol. The molecule has 96 valence electrons. The molecule has 2 aromatic rings. The van der Waals surface area contributed by atoms with Gasteiger partial charge in [-0.15, -0.1) is 11.3 Å². The van der Waals surface area contributed by atoms with E-state index in [1.165, 1.54) is 35.3 Å². The first kappa shape index (κ1) is 11.5. The van der Waals surface area contributed by atoms with Crippen LogP contribution in [-0.4, -0.2) is 0 Å². The van der Waals surface area contributed by atoms with Gasteiger partial charge in [0.1, 0.15) is 0 Å². The fourth-order valence-electron chi connectivity index (χ4n) is 3.40. The van der Waals surface area contributed by atoms with E-state index in [1.54, 1.807) is 4.88 Å². The number of rotatable bonds is 2. The van der Waals surface area contributed by atoms with Crippen LogP contribution in [-0.2, 0) is 11.8 Å². The monoisotopic (exact) mass is 266 g/mol. The average Bonchev–Trinajstić information content (AvgIpc) is 3.21. The molecule has 2 aliphatic carbocycles. The van der Waals surface area contributed by atoms with Crippen molar-refractivity contribution in [1.29, 1.82) is 0 Å². The third kappa shape index (κ3) is 1.80. The Balaban J connectivity index is 1.83. The van der Waals surface area contributed by atoms with Gasteiger partial charge in [-0.25, -0.2) is 0 Å². The summed E-state index contributed by atoms with van der Waals surface area (Å²) in [6.45, 7) is 2.22. The molecular formula is C18H18S. The van der Waals surface area contributed by atoms with E-state index in [0.29, 0.717) is 0 Å². The molecule has 0 saturated heterocycles. The molecule has 0 amide bonds. The van der Waals surface area contributed by atoms with Crippen LogP contribution in [0.1, 0.15) is 33.7 Å². The summed E-state index contributed by atoms with van der Waals surface area (Å²) in [4.78, 5) is 3.00. The zero-order valence-electron chi connectivity index (χ0n) is 11.2. The number of fused-ring (bicyclic) bond motifs is 1. The van der Waals surface area contributed by atoms with Crippen molar-refractivity contribution in [3.63, 3.8) is 0 Å². The van der Waals surface area contributed by atoms with Crippen LogP contribution in [0.15, 0.2) is 42.5 Å². The van der Waals surface area contributed by atoms with Crippen LogP contribution in [0.2, 0.25) is 0 Å². The summed E-state index contributed by atoms with van der Waals surface area (Å²) in [5.41, 5.74) is 3.21. The van der Waals surface area contributed by atoms with E-state index in [2.05, 4.69) is 55.5 Å². The van der Waals surface area contributed by atoms with Crippen LogP contribution in [0.4, 0.5) is 0 Å². The Hall–Kier alpha value is -1.34. The van der Waals surface area contributed by atoms with Crippen molar-refractivity contribution in [3.05, 3.63) is 63.4 Å². The number of aryl methyl sites for hydroxylation is 1. The van der Waals surface area contributed by atoms with Gasteiger partial charge in [0.2, 0.25) is 0 Å². The largest absolute Gasteiger partial charge is 0.145 e. The van der Waals surface area contributed by atoms with Crippen molar-refractivity contribution in [1.82, 2.24) is 0 Å². The lowest BCUT2D eigenvalue weighted by molar-refractivity contribution is 0.469. The fourth-order valence-corrected chi connectivity index (χ4v) is 4.52. The maximum absolute atomic E-state index is 2.50. The number of allylic oxidation sites excluding steroid dienone is 1. The lowest BCUT2D eigenvalue weighted by atomic mass is 9.71. The summed E-state index contributed by atoms with van der Waals surface area (Å²) in [7, 11) is 0. The quantitative estimate of drug-likeness (QED) is 0.719. The highest BCUT2D eigenvalue weighted by Gasteiger charge is 2.46. The predicted molar refractivity (Wildman–Crippen MR) is 82.6 cm³/mol. The molecule has 0 spiro atoms. The highest BCUT2D eigenvalue weighted by Crippen LogP contribution is 2.53. The Kier molecular flexibility index (Phi) is 2.46. The van der Waals surface area contributed by atoms with Gasteiger partial charge < -0.3 is 0 Å². The number of hydrogen-bond donors (Lipinski definition) is 0. The first-order valence-electron chi connectivity index (χ1n) is 7.12. The number of benzene rings is 1. The second-order valence-electron chi connectivity index (χ2n) is 5.93. The molecule has 0 aliphatic heterocycles. The van der Waals surface area contributed by atoms with Gasteiger partial charge >= 0.3 is 0 Å². The van der Waals surface area contributed by atoms with Gasteiger partial charge in [-0.1, -0.05) is 36.4 Å². The molecule has 1 aromatic carbocycles. The van der Waals surface area contributed by atoms with Gasteiger partial charge in [0, 0.05) is 15.2 Å². The summed E-state index contributed by atoms with van der Waals surface area (Å²) >= 11 is 1.98. The topological polar surface area (TPSA) is 0 Å². The molecule has 1 unspecified atom stereocenters. The Morgan fingerprint density at radius 1 is 1.11 bits per heavy atom. The van der Waals surface area contributed by atoms with E-state index in [0.717, 1.165) is 5.92 Å². The predicted octanol–water partition coefficient (Wildman–Crippen LogP) is 4.97. The molecule has 0 nitrogen and oxygen atoms in total. The fraction of sp³-hybridized carbons (Fsp3) is 0.333. The molecule has 0 radical (unpaired) electrons. The number of hydrogen-bond acceptors (Lipinski definition) is 1. The normalized spacial score (nSPS) is 25.3. The lowest BCUT2D eigenvalue weighted by Crippen LogP contribution is -2.30. The molecule has 19 heavy (non-hydrogen) atoms. The summed E-state index contributed by atoms with van der Waals surface area (Å²) in [6, 6.07) is 13.5. The molecule has 0 N–H and O–H groups in total. The number of thiophene rings is 1. The van der Waals surface area contributed by atoms with E-state index in [-0.39, 0.29) is 5.41 Å². The maximum Gasteiger partial charge on any atom is 0.0298 e. The van der Waals surface area contributed by atoms with Crippen molar-refractivity contribution in [3.8, 4) is 0 Å². The summed E-state index contributed by atoms with van der Waals surface area (Å²) in [5.74, 6) is 0.857. The van der Waals surface area contributed by atoms with E-state index in [1.807, 2.05) is 11.3 Å². The van der Waals surface area contributed by atoms with Gasteiger partial charge in [-0.2, -0.15) is 0 Å². The van der Waals surface area contributed by atoms with E-state index >= 15 is 0 Å². The van der Waals surface area contributed by atoms with Crippen LogP contribution in [0.25, 0.3) is 6.08 Å². The lowest BCUT2D eigenvalue weighted by Gasteiger charge is -2.34. The molecule has 1 fully saturated rings. The first-order chi connectivity index (χ1) is 9.28. The molecule has 1 heteroatoms. The van der Waals surface area contributed by atoms with Crippen LogP contribution < -0.4 is 0 Å². The van der Waals surface area contributed by atoms with Gasteiger partial charge in [-0.05, 0) is 55.4 Å². The Morgan fingerprint density at radius 2 is 1.95 bits per heavy atom. The van der Waals surface area contributed by atoms with Crippen LogP contribution >= 0.6 is 11.3 Å². The van der Waals surface area contributed by atoms with Crippen molar-refractivity contribution < 1.29 is 0 Å². The van der Waals surface area contributed by atoms with E-state index < -0.39 is 0 Å². The van der Waals surface area contributed by atoms with Gasteiger partial charge in [0.05, 0.1) is 0 Å². The third-order valence-electron chi connectivity index (χ3n) is 4.60. The first-order valence-corrected chi connectivity index (χ1v) is 7.94. The van der Waals surface area contributed by atoms with Crippen molar-refractivity contribution in [2.24, 2.45) is 5.92 Å². The molecule has 1 atom stereocenters. The van der Waals surface area contributed by atoms with Gasteiger partial charge in [0.15, 0.2) is 0 Å². The van der Waals surface area contributed by atoms with Crippen LogP contribution in [0, 0.1) is 12.8 Å². The molecule has 1 saturated carbocycles. The smallest absolute Gasteiger partial charge is 0.0298 e. The zero-order valence-corrected chi connectivity index (χ0v) is 12.0. The standard InChI is InChI=1S/C18H18S/c1-13-6-9-17(19-13)18(16-7-8-16)11-10-14-4-2-3-5-15(14)12-18/h2-6,9-11,16H,7-8,12H2,1H3. The molecule has 4 rings (SSSR count). The summed E-state index contributed by atoms with van der Waals surface area (Å²) in [5, 5.41) is 0. The van der Waals surface area contributed by atoms with Gasteiger partial charge in [0.25, 0.3) is 0 Å². The molecule has 2 aliphatic rings. The highest BCUT2D eigenvalue weighted by molar-refractivity contribution is 7.12. The highest BCUT2D eigenvalue weighted by atomic mass is 32.1. The Morgan fingerprint density at radius 3 is 2.68 bits per heavy atom. The SMILES string of the molecule is Cc1ccc(C2(C3CC3)C=Cc3ccccc3C2)s1. The minimum atomic E-state index is 0.285. The minimum absolute atomic E-state index is 0.285.